The zero-order valence-corrected chi connectivity index (χ0v) is 9.56. The van der Waals surface area contributed by atoms with Gasteiger partial charge in [0.1, 0.15) is 5.78 Å². The smallest absolute Gasteiger partial charge is 0.203 e. The summed E-state index contributed by atoms with van der Waals surface area (Å²) in [5, 5.41) is 10.3. The molecule has 1 aromatic carbocycles. The summed E-state index contributed by atoms with van der Waals surface area (Å²) in [6, 6.07) is 6.21. The molecule has 88 valence electrons. The first-order valence-electron chi connectivity index (χ1n) is 5.32. The van der Waals surface area contributed by atoms with Crippen LogP contribution in [0.4, 0.5) is 0 Å². The van der Waals surface area contributed by atoms with Gasteiger partial charge in [-0.15, -0.1) is 0 Å². The molecule has 0 saturated carbocycles. The van der Waals surface area contributed by atoms with E-state index in [1.165, 1.54) is 26.0 Å². The lowest BCUT2D eigenvalue weighted by molar-refractivity contribution is -0.124. The van der Waals surface area contributed by atoms with Gasteiger partial charge in [-0.05, 0) is 6.92 Å². The Hall–Kier alpha value is -1.81. The Morgan fingerprint density at radius 2 is 1.59 bits per heavy atom. The van der Waals surface area contributed by atoms with Crippen molar-refractivity contribution in [3.8, 4) is 0 Å². The quantitative estimate of drug-likeness (QED) is 0.773. The lowest BCUT2D eigenvalue weighted by atomic mass is 9.82. The first-order chi connectivity index (χ1) is 7.90. The summed E-state index contributed by atoms with van der Waals surface area (Å²) in [5.74, 6) is -2.78. The fraction of sp³-hybridized carbons (Fsp3) is 0.308. The van der Waals surface area contributed by atoms with Crippen molar-refractivity contribution < 1.29 is 19.5 Å². The van der Waals surface area contributed by atoms with E-state index in [0.29, 0.717) is 0 Å². The van der Waals surface area contributed by atoms with E-state index in [4.69, 9.17) is 0 Å². The first-order valence-corrected chi connectivity index (χ1v) is 5.32. The number of hydrogen-bond donors (Lipinski definition) is 1. The van der Waals surface area contributed by atoms with E-state index in [1.807, 2.05) is 0 Å². The third-order valence-corrected chi connectivity index (χ3v) is 3.35. The number of hydrogen-bond acceptors (Lipinski definition) is 4. The van der Waals surface area contributed by atoms with Crippen molar-refractivity contribution in [2.24, 2.45) is 5.92 Å². The second-order valence-corrected chi connectivity index (χ2v) is 4.30. The molecule has 1 aromatic rings. The van der Waals surface area contributed by atoms with Crippen molar-refractivity contribution in [3.63, 3.8) is 0 Å². The van der Waals surface area contributed by atoms with Gasteiger partial charge in [0.05, 0.1) is 5.92 Å². The highest BCUT2D eigenvalue weighted by Crippen LogP contribution is 2.35. The fourth-order valence-corrected chi connectivity index (χ4v) is 2.08. The molecule has 4 heteroatoms. The molecular formula is C13H12O4. The number of ketones is 3. The predicted molar refractivity (Wildman–Crippen MR) is 59.9 cm³/mol. The van der Waals surface area contributed by atoms with E-state index in [0.717, 1.165) is 0 Å². The van der Waals surface area contributed by atoms with Crippen LogP contribution in [0.25, 0.3) is 0 Å². The first kappa shape index (κ1) is 11.7. The van der Waals surface area contributed by atoms with Crippen LogP contribution >= 0.6 is 0 Å². The van der Waals surface area contributed by atoms with Crippen LogP contribution in [0.5, 0.6) is 0 Å². The Morgan fingerprint density at radius 1 is 1.18 bits per heavy atom. The van der Waals surface area contributed by atoms with Crippen LogP contribution in [-0.4, -0.2) is 28.1 Å². The van der Waals surface area contributed by atoms with Gasteiger partial charge >= 0.3 is 0 Å². The van der Waals surface area contributed by atoms with E-state index in [1.54, 1.807) is 12.1 Å². The van der Waals surface area contributed by atoms with Crippen LogP contribution in [0.3, 0.4) is 0 Å². The maximum absolute atomic E-state index is 12.1. The van der Waals surface area contributed by atoms with E-state index < -0.39 is 23.1 Å². The summed E-state index contributed by atoms with van der Waals surface area (Å²) in [5.41, 5.74) is -1.85. The average molecular weight is 232 g/mol. The third kappa shape index (κ3) is 1.37. The highest BCUT2D eigenvalue weighted by molar-refractivity contribution is 6.33. The molecule has 17 heavy (non-hydrogen) atoms. The summed E-state index contributed by atoms with van der Waals surface area (Å²) in [6.45, 7) is 2.65. The van der Waals surface area contributed by atoms with Crippen LogP contribution in [0.1, 0.15) is 34.6 Å². The molecule has 0 radical (unpaired) electrons. The molecule has 1 aliphatic rings. The second kappa shape index (κ2) is 3.60. The molecule has 0 aromatic heterocycles. The third-order valence-electron chi connectivity index (χ3n) is 3.35. The standard InChI is InChI=1S/C13H12O4/c1-7(8(2)14)13(17)11(15)9-5-3-4-6-10(9)12(13)16/h3-7,17H,1-2H3. The highest BCUT2D eigenvalue weighted by Gasteiger charge is 2.56. The molecule has 1 N–H and O–H groups in total. The number of carbonyl (C=O) groups is 3. The van der Waals surface area contributed by atoms with Crippen molar-refractivity contribution in [1.29, 1.82) is 0 Å². The lowest BCUT2D eigenvalue weighted by Crippen LogP contribution is -2.49. The van der Waals surface area contributed by atoms with Crippen molar-refractivity contribution in [3.05, 3.63) is 35.4 Å². The van der Waals surface area contributed by atoms with Crippen LogP contribution in [-0.2, 0) is 4.79 Å². The molecule has 0 bridgehead atoms. The summed E-state index contributed by atoms with van der Waals surface area (Å²) in [4.78, 5) is 35.4. The van der Waals surface area contributed by atoms with Gasteiger partial charge in [0.15, 0.2) is 5.60 Å². The highest BCUT2D eigenvalue weighted by atomic mass is 16.3. The molecule has 4 nitrogen and oxygen atoms in total. The molecule has 1 atom stereocenters. The number of rotatable bonds is 2. The van der Waals surface area contributed by atoms with Gasteiger partial charge in [-0.1, -0.05) is 31.2 Å². The molecule has 2 rings (SSSR count). The molecule has 0 aliphatic heterocycles. The molecule has 0 amide bonds. The van der Waals surface area contributed by atoms with Gasteiger partial charge in [-0.3, -0.25) is 14.4 Å². The van der Waals surface area contributed by atoms with Crippen molar-refractivity contribution >= 4 is 17.3 Å². The average Bonchev–Trinajstić information content (AvgIpc) is 2.52. The fourth-order valence-electron chi connectivity index (χ4n) is 2.08. The minimum absolute atomic E-state index is 0.188. The zero-order valence-electron chi connectivity index (χ0n) is 9.56. The van der Waals surface area contributed by atoms with Crippen LogP contribution in [0.15, 0.2) is 24.3 Å². The monoisotopic (exact) mass is 232 g/mol. The van der Waals surface area contributed by atoms with Crippen molar-refractivity contribution in [1.82, 2.24) is 0 Å². The summed E-state index contributed by atoms with van der Waals surface area (Å²) in [6.07, 6.45) is 0. The van der Waals surface area contributed by atoms with Gasteiger partial charge in [-0.25, -0.2) is 0 Å². The van der Waals surface area contributed by atoms with Gasteiger partial charge in [0.2, 0.25) is 11.6 Å². The number of aliphatic hydroxyl groups is 1. The number of Topliss-reactive ketones (excluding diaryl/α,β-unsaturated/α-hetero) is 3. The molecule has 0 fully saturated rings. The predicted octanol–water partition coefficient (Wildman–Crippen LogP) is 1.02. The normalized spacial score (nSPS) is 19.0. The maximum Gasteiger partial charge on any atom is 0.203 e. The van der Waals surface area contributed by atoms with E-state index in [-0.39, 0.29) is 16.9 Å². The summed E-state index contributed by atoms with van der Waals surface area (Å²) >= 11 is 0. The minimum atomic E-state index is -2.23. The van der Waals surface area contributed by atoms with E-state index in [9.17, 15) is 19.5 Å². The zero-order chi connectivity index (χ0) is 12.8. The van der Waals surface area contributed by atoms with Crippen molar-refractivity contribution in [2.75, 3.05) is 0 Å². The lowest BCUT2D eigenvalue weighted by Gasteiger charge is -2.24. The second-order valence-electron chi connectivity index (χ2n) is 4.30. The Bertz CT molecular complexity index is 495. The van der Waals surface area contributed by atoms with Crippen LogP contribution < -0.4 is 0 Å². The number of benzene rings is 1. The molecular weight excluding hydrogens is 220 g/mol. The summed E-state index contributed by atoms with van der Waals surface area (Å²) in [7, 11) is 0. The molecule has 1 aliphatic carbocycles. The Kier molecular flexibility index (Phi) is 2.47. The molecule has 0 spiro atoms. The van der Waals surface area contributed by atoms with E-state index in [2.05, 4.69) is 0 Å². The number of carbonyl (C=O) groups excluding carboxylic acids is 3. The number of fused-ring (bicyclic) bond motifs is 1. The van der Waals surface area contributed by atoms with E-state index >= 15 is 0 Å². The molecule has 1 unspecified atom stereocenters. The van der Waals surface area contributed by atoms with Crippen molar-refractivity contribution in [2.45, 2.75) is 19.4 Å². The minimum Gasteiger partial charge on any atom is -0.373 e. The van der Waals surface area contributed by atoms with Gasteiger partial charge < -0.3 is 5.11 Å². The molecule has 0 heterocycles. The summed E-state index contributed by atoms with van der Waals surface area (Å²) < 4.78 is 0. The van der Waals surface area contributed by atoms with Gasteiger partial charge in [-0.2, -0.15) is 0 Å². The SMILES string of the molecule is CC(=O)C(C)C1(O)C(=O)c2ccccc2C1=O. The maximum atomic E-state index is 12.1. The van der Waals surface area contributed by atoms with Crippen LogP contribution in [0.2, 0.25) is 0 Å². The topological polar surface area (TPSA) is 71.4 Å². The molecule has 0 saturated heterocycles. The Labute approximate surface area is 98.3 Å². The van der Waals surface area contributed by atoms with Crippen LogP contribution in [0, 0.1) is 5.92 Å². The Morgan fingerprint density at radius 3 is 1.94 bits per heavy atom. The van der Waals surface area contributed by atoms with Gasteiger partial charge in [0, 0.05) is 11.1 Å². The Balaban J connectivity index is 2.60. The largest absolute Gasteiger partial charge is 0.373 e. The van der Waals surface area contributed by atoms with Gasteiger partial charge in [0.25, 0.3) is 0 Å².